The standard InChI is InChI=1S/C21H27N3O7S2/c1-23(32(2,26)27)20-6-4-3-5-19(20)21(25)22-11-14-31-17-7-9-18(10-8-17)33(28,29)24-12-15-30-16-13-24/h3-10H,11-16H2,1-2H3,(H,22,25). The number of amides is 1. The maximum Gasteiger partial charge on any atom is 0.253 e. The number of benzene rings is 2. The van der Waals surface area contributed by atoms with Gasteiger partial charge in [0.05, 0.1) is 42.2 Å². The van der Waals surface area contributed by atoms with E-state index in [-0.39, 0.29) is 29.3 Å². The van der Waals surface area contributed by atoms with Crippen LogP contribution in [0.15, 0.2) is 53.4 Å². The second-order valence-electron chi connectivity index (χ2n) is 7.34. The highest BCUT2D eigenvalue weighted by atomic mass is 32.2. The van der Waals surface area contributed by atoms with Crippen molar-refractivity contribution >= 4 is 31.6 Å². The van der Waals surface area contributed by atoms with Crippen LogP contribution in [-0.2, 0) is 24.8 Å². The number of carbonyl (C=O) groups is 1. The summed E-state index contributed by atoms with van der Waals surface area (Å²) < 4.78 is 62.2. The van der Waals surface area contributed by atoms with E-state index in [4.69, 9.17) is 9.47 Å². The van der Waals surface area contributed by atoms with Gasteiger partial charge in [-0.1, -0.05) is 12.1 Å². The molecule has 1 N–H and O–H groups in total. The number of hydrogen-bond donors (Lipinski definition) is 1. The predicted octanol–water partition coefficient (Wildman–Crippen LogP) is 0.912. The maximum absolute atomic E-state index is 12.6. The molecule has 0 spiro atoms. The maximum atomic E-state index is 12.6. The summed E-state index contributed by atoms with van der Waals surface area (Å²) in [5.74, 6) is 0.0269. The number of ether oxygens (including phenoxy) is 2. The normalized spacial score (nSPS) is 15.1. The van der Waals surface area contributed by atoms with Crippen LogP contribution in [0.4, 0.5) is 5.69 Å². The first-order valence-electron chi connectivity index (χ1n) is 10.2. The van der Waals surface area contributed by atoms with Gasteiger partial charge in [-0.3, -0.25) is 9.10 Å². The third-order valence-electron chi connectivity index (χ3n) is 5.07. The number of para-hydroxylation sites is 1. The van der Waals surface area contributed by atoms with E-state index in [9.17, 15) is 21.6 Å². The van der Waals surface area contributed by atoms with Crippen molar-refractivity contribution in [1.29, 1.82) is 0 Å². The van der Waals surface area contributed by atoms with E-state index in [0.717, 1.165) is 10.6 Å². The molecule has 0 bridgehead atoms. The molecule has 0 radical (unpaired) electrons. The average molecular weight is 498 g/mol. The van der Waals surface area contributed by atoms with E-state index in [1.54, 1.807) is 36.4 Å². The molecule has 0 atom stereocenters. The molecule has 2 aromatic rings. The molecule has 1 heterocycles. The van der Waals surface area contributed by atoms with Gasteiger partial charge in [0.1, 0.15) is 12.4 Å². The fraction of sp³-hybridized carbons (Fsp3) is 0.381. The number of nitrogens with one attached hydrogen (secondary N) is 1. The minimum Gasteiger partial charge on any atom is -0.492 e. The minimum absolute atomic E-state index is 0.144. The molecule has 3 rings (SSSR count). The van der Waals surface area contributed by atoms with Gasteiger partial charge in [0.25, 0.3) is 5.91 Å². The molecule has 1 aliphatic heterocycles. The second-order valence-corrected chi connectivity index (χ2v) is 11.3. The van der Waals surface area contributed by atoms with E-state index in [1.807, 2.05) is 0 Å². The third-order valence-corrected chi connectivity index (χ3v) is 8.18. The number of anilines is 1. The Morgan fingerprint density at radius 2 is 1.70 bits per heavy atom. The van der Waals surface area contributed by atoms with Crippen LogP contribution < -0.4 is 14.4 Å². The number of hydrogen-bond acceptors (Lipinski definition) is 7. The first-order chi connectivity index (χ1) is 15.6. The van der Waals surface area contributed by atoms with Crippen LogP contribution in [0.25, 0.3) is 0 Å². The summed E-state index contributed by atoms with van der Waals surface area (Å²) in [4.78, 5) is 12.7. The van der Waals surface area contributed by atoms with Crippen LogP contribution in [0.5, 0.6) is 5.75 Å². The summed E-state index contributed by atoms with van der Waals surface area (Å²) in [6.07, 6.45) is 1.06. The number of nitrogens with zero attached hydrogens (tertiary/aromatic N) is 2. The number of rotatable bonds is 9. The Morgan fingerprint density at radius 3 is 2.33 bits per heavy atom. The fourth-order valence-corrected chi connectivity index (χ4v) is 5.12. The molecule has 0 unspecified atom stereocenters. The molecule has 12 heteroatoms. The Morgan fingerprint density at radius 1 is 1.06 bits per heavy atom. The van der Waals surface area contributed by atoms with Gasteiger partial charge >= 0.3 is 0 Å². The van der Waals surface area contributed by atoms with E-state index in [0.29, 0.717) is 32.1 Å². The molecule has 180 valence electrons. The van der Waals surface area contributed by atoms with Gasteiger partial charge < -0.3 is 14.8 Å². The summed E-state index contributed by atoms with van der Waals surface area (Å²) in [5.41, 5.74) is 0.499. The van der Waals surface area contributed by atoms with Crippen LogP contribution in [0, 0.1) is 0 Å². The Labute approximate surface area is 194 Å². The van der Waals surface area contributed by atoms with Gasteiger partial charge in [-0.2, -0.15) is 4.31 Å². The third kappa shape index (κ3) is 6.22. The summed E-state index contributed by atoms with van der Waals surface area (Å²) in [6, 6.07) is 12.5. The summed E-state index contributed by atoms with van der Waals surface area (Å²) in [5, 5.41) is 2.69. The molecule has 10 nitrogen and oxygen atoms in total. The highest BCUT2D eigenvalue weighted by Gasteiger charge is 2.26. The van der Waals surface area contributed by atoms with Crippen molar-refractivity contribution in [3.8, 4) is 5.75 Å². The van der Waals surface area contributed by atoms with E-state index < -0.39 is 26.0 Å². The zero-order chi connectivity index (χ0) is 24.1. The summed E-state index contributed by atoms with van der Waals surface area (Å²) in [6.45, 7) is 1.71. The van der Waals surface area contributed by atoms with Crippen molar-refractivity contribution in [3.05, 3.63) is 54.1 Å². The Kier molecular flexibility index (Phi) is 7.95. The lowest BCUT2D eigenvalue weighted by Gasteiger charge is -2.26. The molecule has 0 aliphatic carbocycles. The van der Waals surface area contributed by atoms with Crippen LogP contribution in [0.3, 0.4) is 0 Å². The molecule has 1 amide bonds. The van der Waals surface area contributed by atoms with Crippen molar-refractivity contribution in [2.24, 2.45) is 0 Å². The average Bonchev–Trinajstić information content (AvgIpc) is 2.81. The quantitative estimate of drug-likeness (QED) is 0.511. The zero-order valence-corrected chi connectivity index (χ0v) is 20.1. The van der Waals surface area contributed by atoms with Crippen molar-refractivity contribution < 1.29 is 31.1 Å². The van der Waals surface area contributed by atoms with E-state index in [1.165, 1.54) is 23.5 Å². The highest BCUT2D eigenvalue weighted by Crippen LogP contribution is 2.22. The largest absolute Gasteiger partial charge is 0.492 e. The van der Waals surface area contributed by atoms with Crippen molar-refractivity contribution in [2.75, 3.05) is 57.1 Å². The smallest absolute Gasteiger partial charge is 0.253 e. The topological polar surface area (TPSA) is 122 Å². The van der Waals surface area contributed by atoms with Gasteiger partial charge in [0.2, 0.25) is 20.0 Å². The molecule has 33 heavy (non-hydrogen) atoms. The Bertz CT molecular complexity index is 1180. The summed E-state index contributed by atoms with van der Waals surface area (Å²) >= 11 is 0. The zero-order valence-electron chi connectivity index (χ0n) is 18.4. The number of sulfonamides is 2. The Balaban J connectivity index is 1.54. The van der Waals surface area contributed by atoms with E-state index >= 15 is 0 Å². The molecular weight excluding hydrogens is 470 g/mol. The minimum atomic E-state index is -3.57. The molecule has 1 aliphatic rings. The van der Waals surface area contributed by atoms with Crippen LogP contribution >= 0.6 is 0 Å². The first-order valence-corrected chi connectivity index (χ1v) is 13.5. The molecular formula is C21H27N3O7S2. The number of morpholine rings is 1. The molecule has 1 fully saturated rings. The van der Waals surface area contributed by atoms with Gasteiger partial charge in [0, 0.05) is 20.1 Å². The van der Waals surface area contributed by atoms with Gasteiger partial charge in [0.15, 0.2) is 0 Å². The lowest BCUT2D eigenvalue weighted by Crippen LogP contribution is -2.40. The fourth-order valence-electron chi connectivity index (χ4n) is 3.19. The van der Waals surface area contributed by atoms with Crippen LogP contribution in [-0.4, -0.2) is 79.8 Å². The molecule has 0 aromatic heterocycles. The lowest BCUT2D eigenvalue weighted by molar-refractivity contribution is 0.0730. The Hall–Kier alpha value is -2.67. The van der Waals surface area contributed by atoms with Gasteiger partial charge in [-0.15, -0.1) is 0 Å². The van der Waals surface area contributed by atoms with Crippen molar-refractivity contribution in [1.82, 2.24) is 9.62 Å². The van der Waals surface area contributed by atoms with Crippen LogP contribution in [0.1, 0.15) is 10.4 Å². The monoisotopic (exact) mass is 497 g/mol. The van der Waals surface area contributed by atoms with Crippen LogP contribution in [0.2, 0.25) is 0 Å². The van der Waals surface area contributed by atoms with Crippen molar-refractivity contribution in [3.63, 3.8) is 0 Å². The molecule has 0 saturated carbocycles. The van der Waals surface area contributed by atoms with Gasteiger partial charge in [-0.25, -0.2) is 16.8 Å². The SMILES string of the molecule is CN(c1ccccc1C(=O)NCCOc1ccc(S(=O)(=O)N2CCOCC2)cc1)S(C)(=O)=O. The molecule has 1 saturated heterocycles. The van der Waals surface area contributed by atoms with Crippen molar-refractivity contribution in [2.45, 2.75) is 4.90 Å². The second kappa shape index (κ2) is 10.5. The number of carbonyl (C=O) groups excluding carboxylic acids is 1. The molecule has 2 aromatic carbocycles. The first kappa shape index (κ1) is 25.0. The summed E-state index contributed by atoms with van der Waals surface area (Å²) in [7, 11) is -5.71. The van der Waals surface area contributed by atoms with E-state index in [2.05, 4.69) is 5.32 Å². The predicted molar refractivity (Wildman–Crippen MR) is 124 cm³/mol. The highest BCUT2D eigenvalue weighted by molar-refractivity contribution is 7.92. The van der Waals surface area contributed by atoms with Gasteiger partial charge in [-0.05, 0) is 36.4 Å². The lowest BCUT2D eigenvalue weighted by atomic mass is 10.1.